The van der Waals surface area contributed by atoms with E-state index in [2.05, 4.69) is 4.90 Å². The number of benzene rings is 3. The fourth-order valence-electron chi connectivity index (χ4n) is 4.20. The molecule has 186 valence electrons. The van der Waals surface area contributed by atoms with Crippen LogP contribution in [0.3, 0.4) is 0 Å². The molecule has 1 N–H and O–H groups in total. The average Bonchev–Trinajstić information content (AvgIpc) is 3.71. The Morgan fingerprint density at radius 3 is 2.31 bits per heavy atom. The van der Waals surface area contributed by atoms with Gasteiger partial charge in [0, 0.05) is 24.2 Å². The zero-order chi connectivity index (χ0) is 24.9. The molecule has 5 rings (SSSR count). The second-order valence-electron chi connectivity index (χ2n) is 9.11. The van der Waals surface area contributed by atoms with Gasteiger partial charge in [0.2, 0.25) is 5.88 Å². The highest BCUT2D eigenvalue weighted by atomic mass is 35.5. The first-order valence-corrected chi connectivity index (χ1v) is 12.6. The summed E-state index contributed by atoms with van der Waals surface area (Å²) in [7, 11) is 0. The minimum Gasteiger partial charge on any atom is -0.491 e. The van der Waals surface area contributed by atoms with Gasteiger partial charge in [0.25, 0.3) is 0 Å². The lowest BCUT2D eigenvalue weighted by Crippen LogP contribution is -2.36. The monoisotopic (exact) mass is 503 g/mol. The van der Waals surface area contributed by atoms with Crippen LogP contribution < -0.4 is 9.47 Å². The molecule has 1 atom stereocenters. The summed E-state index contributed by atoms with van der Waals surface area (Å²) in [4.78, 5) is 2.31. The number of aliphatic hydroxyl groups is 1. The second kappa shape index (κ2) is 11.2. The minimum absolute atomic E-state index is 0.240. The van der Waals surface area contributed by atoms with Gasteiger partial charge in [0.15, 0.2) is 0 Å². The number of aromatic nitrogens is 2. The topological polar surface area (TPSA) is 59.8 Å². The summed E-state index contributed by atoms with van der Waals surface area (Å²) in [6, 6.07) is 27.3. The largest absolute Gasteiger partial charge is 0.491 e. The Morgan fingerprint density at radius 2 is 1.64 bits per heavy atom. The van der Waals surface area contributed by atoms with Gasteiger partial charge in [-0.25, -0.2) is 4.68 Å². The van der Waals surface area contributed by atoms with Crippen molar-refractivity contribution >= 4 is 11.6 Å². The lowest BCUT2D eigenvalue weighted by atomic mass is 10.2. The van der Waals surface area contributed by atoms with Crippen LogP contribution in [0.5, 0.6) is 17.4 Å². The van der Waals surface area contributed by atoms with Crippen molar-refractivity contribution < 1.29 is 14.6 Å². The molecule has 1 heterocycles. The first-order valence-electron chi connectivity index (χ1n) is 12.2. The maximum absolute atomic E-state index is 10.8. The van der Waals surface area contributed by atoms with E-state index in [1.165, 1.54) is 0 Å². The number of nitrogens with zero attached hydrogens (tertiary/aromatic N) is 3. The predicted octanol–water partition coefficient (Wildman–Crippen LogP) is 6.03. The first-order chi connectivity index (χ1) is 17.6. The number of para-hydroxylation sites is 2. The molecule has 1 aliphatic carbocycles. The van der Waals surface area contributed by atoms with Gasteiger partial charge in [-0.3, -0.25) is 4.90 Å². The van der Waals surface area contributed by atoms with E-state index in [4.69, 9.17) is 26.2 Å². The number of rotatable bonds is 11. The summed E-state index contributed by atoms with van der Waals surface area (Å²) < 4.78 is 14.0. The van der Waals surface area contributed by atoms with Gasteiger partial charge in [-0.05, 0) is 68.3 Å². The highest BCUT2D eigenvalue weighted by Crippen LogP contribution is 2.35. The van der Waals surface area contributed by atoms with E-state index in [0.717, 1.165) is 35.5 Å². The van der Waals surface area contributed by atoms with Crippen LogP contribution in [-0.4, -0.2) is 45.1 Å². The zero-order valence-electron chi connectivity index (χ0n) is 20.3. The molecule has 1 aliphatic rings. The smallest absolute Gasteiger partial charge is 0.227 e. The molecule has 1 fully saturated rings. The number of aliphatic hydroxyl groups excluding tert-OH is 1. The fraction of sp³-hybridized carbons (Fsp3) is 0.276. The Kier molecular flexibility index (Phi) is 7.56. The Labute approximate surface area is 216 Å². The Morgan fingerprint density at radius 1 is 0.972 bits per heavy atom. The van der Waals surface area contributed by atoms with Crippen molar-refractivity contribution in [2.24, 2.45) is 0 Å². The van der Waals surface area contributed by atoms with Gasteiger partial charge >= 0.3 is 0 Å². The minimum atomic E-state index is -0.615. The SMILES string of the molecule is Cc1nn(-c2ccccc2)c(Oc2ccc(Cl)cc2)c1CN(C[C@@H](O)COc1ccccc1)C1CC1. The number of ether oxygens (including phenoxy) is 2. The third-order valence-electron chi connectivity index (χ3n) is 6.22. The van der Waals surface area contributed by atoms with E-state index >= 15 is 0 Å². The van der Waals surface area contributed by atoms with Crippen LogP contribution in [0.4, 0.5) is 0 Å². The van der Waals surface area contributed by atoms with Crippen LogP contribution in [0.1, 0.15) is 24.1 Å². The molecule has 4 aromatic rings. The number of aryl methyl sites for hydroxylation is 1. The Hall–Kier alpha value is -3.32. The maximum atomic E-state index is 10.8. The second-order valence-corrected chi connectivity index (χ2v) is 9.55. The fourth-order valence-corrected chi connectivity index (χ4v) is 4.33. The van der Waals surface area contributed by atoms with E-state index in [1.54, 1.807) is 0 Å². The van der Waals surface area contributed by atoms with Crippen molar-refractivity contribution in [3.05, 3.63) is 101 Å². The molecular formula is C29H30ClN3O3. The maximum Gasteiger partial charge on any atom is 0.227 e. The highest BCUT2D eigenvalue weighted by Gasteiger charge is 2.32. The van der Waals surface area contributed by atoms with Gasteiger partial charge in [0.1, 0.15) is 24.2 Å². The number of hydrogen-bond acceptors (Lipinski definition) is 5. The van der Waals surface area contributed by atoms with E-state index < -0.39 is 6.10 Å². The summed E-state index contributed by atoms with van der Waals surface area (Å²) >= 11 is 6.09. The molecule has 0 amide bonds. The van der Waals surface area contributed by atoms with Crippen molar-refractivity contribution in [1.29, 1.82) is 0 Å². The van der Waals surface area contributed by atoms with Crippen molar-refractivity contribution in [3.8, 4) is 23.1 Å². The number of hydrogen-bond donors (Lipinski definition) is 1. The molecule has 0 saturated heterocycles. The lowest BCUT2D eigenvalue weighted by Gasteiger charge is -2.25. The van der Waals surface area contributed by atoms with Crippen molar-refractivity contribution in [1.82, 2.24) is 14.7 Å². The molecule has 0 spiro atoms. The summed E-state index contributed by atoms with van der Waals surface area (Å²) in [6.45, 7) is 3.37. The molecule has 0 radical (unpaired) electrons. The normalized spacial score (nSPS) is 14.1. The van der Waals surface area contributed by atoms with Crippen molar-refractivity contribution in [2.45, 2.75) is 38.5 Å². The van der Waals surface area contributed by atoms with E-state index in [-0.39, 0.29) is 6.61 Å². The average molecular weight is 504 g/mol. The Balaban J connectivity index is 1.38. The zero-order valence-corrected chi connectivity index (χ0v) is 21.0. The summed E-state index contributed by atoms with van der Waals surface area (Å²) in [6.07, 6.45) is 1.62. The van der Waals surface area contributed by atoms with Crippen LogP contribution in [0, 0.1) is 6.92 Å². The number of halogens is 1. The van der Waals surface area contributed by atoms with Gasteiger partial charge in [0.05, 0.1) is 16.9 Å². The molecule has 7 heteroatoms. The summed E-state index contributed by atoms with van der Waals surface area (Å²) in [5.74, 6) is 2.11. The van der Waals surface area contributed by atoms with Gasteiger partial charge < -0.3 is 14.6 Å². The van der Waals surface area contributed by atoms with Crippen molar-refractivity contribution in [2.75, 3.05) is 13.2 Å². The van der Waals surface area contributed by atoms with Crippen LogP contribution in [-0.2, 0) is 6.54 Å². The van der Waals surface area contributed by atoms with E-state index in [1.807, 2.05) is 96.5 Å². The quantitative estimate of drug-likeness (QED) is 0.271. The molecule has 0 bridgehead atoms. The standard InChI is InChI=1S/C29H30ClN3O3/c1-21-28(19-32(23-14-15-23)18-25(34)20-35-26-10-6-3-7-11-26)29(36-27-16-12-22(30)13-17-27)33(31-21)24-8-4-2-5-9-24/h2-13,16-17,23,25,34H,14-15,18-20H2,1H3/t25-/m1/s1. The van der Waals surface area contributed by atoms with E-state index in [9.17, 15) is 5.11 Å². The molecule has 3 aromatic carbocycles. The van der Waals surface area contributed by atoms with Crippen LogP contribution >= 0.6 is 11.6 Å². The first kappa shape index (κ1) is 24.4. The van der Waals surface area contributed by atoms with Crippen LogP contribution in [0.2, 0.25) is 5.02 Å². The van der Waals surface area contributed by atoms with E-state index in [0.29, 0.717) is 35.8 Å². The van der Waals surface area contributed by atoms with Gasteiger partial charge in [-0.2, -0.15) is 5.10 Å². The third kappa shape index (κ3) is 6.08. The third-order valence-corrected chi connectivity index (χ3v) is 6.47. The molecule has 36 heavy (non-hydrogen) atoms. The Bertz CT molecular complexity index is 1260. The summed E-state index contributed by atoms with van der Waals surface area (Å²) in [5.41, 5.74) is 2.81. The summed E-state index contributed by atoms with van der Waals surface area (Å²) in [5, 5.41) is 16.3. The van der Waals surface area contributed by atoms with Gasteiger partial charge in [-0.1, -0.05) is 48.0 Å². The predicted molar refractivity (Wildman–Crippen MR) is 141 cm³/mol. The highest BCUT2D eigenvalue weighted by molar-refractivity contribution is 6.30. The molecule has 6 nitrogen and oxygen atoms in total. The molecular weight excluding hydrogens is 474 g/mol. The molecule has 0 unspecified atom stereocenters. The lowest BCUT2D eigenvalue weighted by molar-refractivity contribution is 0.0623. The van der Waals surface area contributed by atoms with Crippen molar-refractivity contribution in [3.63, 3.8) is 0 Å². The van der Waals surface area contributed by atoms with Crippen LogP contribution in [0.15, 0.2) is 84.9 Å². The van der Waals surface area contributed by atoms with Gasteiger partial charge in [-0.15, -0.1) is 0 Å². The van der Waals surface area contributed by atoms with Crippen LogP contribution in [0.25, 0.3) is 5.69 Å². The molecule has 1 saturated carbocycles. The molecule has 0 aliphatic heterocycles. The molecule has 1 aromatic heterocycles.